The fraction of sp³-hybridized carbons (Fsp3) is 0.550. The molecule has 11 N–H and O–H groups in total. The van der Waals surface area contributed by atoms with Gasteiger partial charge in [-0.2, -0.15) is 4.31 Å². The van der Waals surface area contributed by atoms with Gasteiger partial charge in [0.15, 0.2) is 23.9 Å². The number of hydrogen-bond acceptors (Lipinski definition) is 19. The lowest BCUT2D eigenvalue weighted by Gasteiger charge is -2.26. The highest BCUT2D eigenvalue weighted by Crippen LogP contribution is 2.60. The summed E-state index contributed by atoms with van der Waals surface area (Å²) < 4.78 is 86.2. The summed E-state index contributed by atoms with van der Waals surface area (Å²) in [5.41, 5.74) is 4.21. The number of nitrogen functional groups attached to an aromatic ring is 1. The number of ether oxygens (including phenoxy) is 3. The van der Waals surface area contributed by atoms with Crippen LogP contribution >= 0.6 is 31.1 Å². The highest BCUT2D eigenvalue weighted by atomic mass is 31.3. The number of hydrogen-bond donors (Lipinski definition) is 10. The normalized spacial score (nSPS) is 30.2. The molecule has 3 unspecified atom stereocenters. The maximum absolute atomic E-state index is 13.3. The number of fused-ring (bicyclic) bond motifs is 1. The predicted octanol–water partition coefficient (Wildman–Crippen LogP) is -3.09. The number of nitrogens with two attached hydrogens (primary N) is 1. The Morgan fingerprint density at radius 2 is 1.58 bits per heavy atom. The number of imidazole rings is 1. The Morgan fingerprint density at radius 3 is 2.23 bits per heavy atom. The van der Waals surface area contributed by atoms with Gasteiger partial charge in [-0.15, -0.1) is 4.86 Å². The zero-order chi connectivity index (χ0) is 38.4. The van der Waals surface area contributed by atoms with Crippen molar-refractivity contribution in [2.45, 2.75) is 49.1 Å². The molecule has 0 amide bonds. The van der Waals surface area contributed by atoms with Crippen molar-refractivity contribution in [2.24, 2.45) is 0 Å². The molecular weight excluding hydrogens is 796 g/mol. The van der Waals surface area contributed by atoms with Crippen molar-refractivity contribution in [1.82, 2.24) is 33.9 Å². The third kappa shape index (κ3) is 9.34. The molecular formula is C20H30N8O20P4. The van der Waals surface area contributed by atoms with Crippen molar-refractivity contribution < 1.29 is 85.0 Å². The number of phosphoric acid groups is 2. The van der Waals surface area contributed by atoms with E-state index in [9.17, 15) is 52.7 Å². The molecule has 2 aliphatic rings. The zero-order valence-corrected chi connectivity index (χ0v) is 29.5. The van der Waals surface area contributed by atoms with Crippen LogP contribution in [-0.2, 0) is 50.4 Å². The monoisotopic (exact) mass is 826 g/mol. The molecule has 2 aliphatic heterocycles. The molecule has 0 saturated carbocycles. The van der Waals surface area contributed by atoms with Gasteiger partial charge < -0.3 is 54.6 Å². The van der Waals surface area contributed by atoms with Crippen LogP contribution in [0.25, 0.3) is 11.2 Å². The lowest BCUT2D eigenvalue weighted by Crippen LogP contribution is -2.38. The Bertz CT molecular complexity index is 2090. The smallest absolute Gasteiger partial charge is 0.387 e. The first-order chi connectivity index (χ1) is 24.1. The van der Waals surface area contributed by atoms with Crippen molar-refractivity contribution in [3.8, 4) is 0 Å². The first-order valence-corrected chi connectivity index (χ1v) is 20.2. The summed E-state index contributed by atoms with van der Waals surface area (Å²) in [5.74, 6) is -0.0518. The molecule has 3 aromatic heterocycles. The second kappa shape index (κ2) is 15.2. The van der Waals surface area contributed by atoms with E-state index in [1.807, 2.05) is 4.98 Å². The summed E-state index contributed by atoms with van der Waals surface area (Å²) in [6, 6.07) is 0.936. The van der Waals surface area contributed by atoms with E-state index in [1.165, 1.54) is 4.57 Å². The topological polar surface area (TPSA) is 411 Å². The van der Waals surface area contributed by atoms with E-state index in [2.05, 4.69) is 19.3 Å². The van der Waals surface area contributed by atoms with Crippen LogP contribution in [0.15, 0.2) is 34.5 Å². The first kappa shape index (κ1) is 40.5. The Hall–Kier alpha value is -2.65. The fourth-order valence-electron chi connectivity index (χ4n) is 5.10. The van der Waals surface area contributed by atoms with Crippen molar-refractivity contribution in [3.63, 3.8) is 0 Å². The van der Waals surface area contributed by atoms with Gasteiger partial charge in [0, 0.05) is 19.4 Å². The van der Waals surface area contributed by atoms with E-state index < -0.39 is 105 Å². The lowest BCUT2D eigenvalue weighted by atomic mass is 10.1. The molecule has 3 aromatic rings. The molecule has 290 valence electrons. The van der Waals surface area contributed by atoms with Crippen molar-refractivity contribution in [2.75, 3.05) is 26.1 Å². The maximum Gasteiger partial charge on any atom is 0.477 e. The van der Waals surface area contributed by atoms with E-state index in [1.54, 1.807) is 0 Å². The molecule has 5 heterocycles. The van der Waals surface area contributed by atoms with Gasteiger partial charge in [0.2, 0.25) is 0 Å². The van der Waals surface area contributed by atoms with Gasteiger partial charge in [-0.25, -0.2) is 38.0 Å². The minimum atomic E-state index is -5.68. The van der Waals surface area contributed by atoms with Crippen LogP contribution in [0.4, 0.5) is 5.82 Å². The molecule has 2 fully saturated rings. The Labute approximate surface area is 288 Å². The number of aliphatic hydroxyl groups excluding tert-OH is 2. The van der Waals surface area contributed by atoms with E-state index >= 15 is 0 Å². The van der Waals surface area contributed by atoms with Crippen LogP contribution in [0.1, 0.15) is 12.5 Å². The van der Waals surface area contributed by atoms with Gasteiger partial charge >= 0.3 is 36.8 Å². The van der Waals surface area contributed by atoms with E-state index in [4.69, 9.17) is 43.3 Å². The van der Waals surface area contributed by atoms with Gasteiger partial charge in [-0.3, -0.25) is 32.5 Å². The SMILES string of the molecule is CO[C@@H]1[C@H](OP(=O)(O)OC[C@H]2O[C@@H](n3ccc(=O)[nH]c3=O)[C@H](O)[C@@H]2O)[C@@H](COP(=O)(O)NP(=O)(O)OP(=O)(O)O)O[C@H]1n1cnc2c(N)ncnc21. The van der Waals surface area contributed by atoms with Crippen molar-refractivity contribution in [1.29, 1.82) is 0 Å². The van der Waals surface area contributed by atoms with Gasteiger partial charge in [-0.05, 0) is 0 Å². The van der Waals surface area contributed by atoms with Crippen LogP contribution in [0, 0.1) is 0 Å². The second-order valence-electron chi connectivity index (χ2n) is 10.8. The zero-order valence-electron chi connectivity index (χ0n) is 25.9. The summed E-state index contributed by atoms with van der Waals surface area (Å²) >= 11 is 0. The van der Waals surface area contributed by atoms with E-state index in [-0.39, 0.29) is 17.0 Å². The molecule has 0 spiro atoms. The number of methoxy groups -OCH3 is 1. The summed E-state index contributed by atoms with van der Waals surface area (Å²) in [6.45, 7) is -2.09. The number of H-pyrrole nitrogens is 1. The van der Waals surface area contributed by atoms with E-state index in [0.29, 0.717) is 0 Å². The van der Waals surface area contributed by atoms with Gasteiger partial charge in [0.25, 0.3) is 5.56 Å². The fourth-order valence-corrected chi connectivity index (χ4v) is 9.55. The molecule has 0 aliphatic carbocycles. The van der Waals surface area contributed by atoms with Crippen LogP contribution in [0.5, 0.6) is 0 Å². The number of nitrogens with zero attached hydrogens (tertiary/aromatic N) is 5. The summed E-state index contributed by atoms with van der Waals surface area (Å²) in [7, 11) is -21.1. The second-order valence-corrected chi connectivity index (χ2v) is 16.9. The van der Waals surface area contributed by atoms with E-state index in [0.717, 1.165) is 41.5 Å². The van der Waals surface area contributed by atoms with Gasteiger partial charge in [0.1, 0.15) is 48.5 Å². The third-order valence-electron chi connectivity index (χ3n) is 7.22. The minimum Gasteiger partial charge on any atom is -0.387 e. The summed E-state index contributed by atoms with van der Waals surface area (Å²) in [6.07, 6.45) is -9.88. The molecule has 0 bridgehead atoms. The Kier molecular flexibility index (Phi) is 11.9. The molecule has 5 rings (SSSR count). The Balaban J connectivity index is 1.36. The van der Waals surface area contributed by atoms with Crippen molar-refractivity contribution >= 4 is 48.1 Å². The molecule has 2 saturated heterocycles. The Morgan fingerprint density at radius 1 is 0.904 bits per heavy atom. The number of nitrogens with one attached hydrogen (secondary N) is 2. The third-order valence-corrected chi connectivity index (χ3v) is 12.5. The predicted molar refractivity (Wildman–Crippen MR) is 164 cm³/mol. The van der Waals surface area contributed by atoms with Crippen LogP contribution in [-0.4, -0.2) is 121 Å². The van der Waals surface area contributed by atoms with Crippen molar-refractivity contribution in [3.05, 3.63) is 45.8 Å². The molecule has 0 aromatic carbocycles. The highest BCUT2D eigenvalue weighted by Gasteiger charge is 2.52. The molecule has 28 nitrogen and oxygen atoms in total. The molecule has 52 heavy (non-hydrogen) atoms. The van der Waals surface area contributed by atoms with Crippen LogP contribution in [0.3, 0.4) is 0 Å². The quantitative estimate of drug-likeness (QED) is 0.0679. The number of anilines is 1. The average molecular weight is 826 g/mol. The summed E-state index contributed by atoms with van der Waals surface area (Å²) in [4.78, 5) is 86.5. The molecule has 32 heteroatoms. The van der Waals surface area contributed by atoms with Crippen LogP contribution < -0.4 is 21.8 Å². The first-order valence-electron chi connectivity index (χ1n) is 14.1. The summed E-state index contributed by atoms with van der Waals surface area (Å²) in [5, 5.41) is 20.9. The maximum atomic E-state index is 13.3. The number of aromatic amines is 1. The average Bonchev–Trinajstić information content (AvgIpc) is 3.67. The number of aromatic nitrogens is 6. The lowest BCUT2D eigenvalue weighted by molar-refractivity contribution is -0.0609. The number of rotatable bonds is 15. The minimum absolute atomic E-state index is 0.0516. The highest BCUT2D eigenvalue weighted by molar-refractivity contribution is 7.70. The largest absolute Gasteiger partial charge is 0.477 e. The standard InChI is InChI=1S/C20H30N8O20P4/c1-42-15-14(47-52(40,41)44-4-8-12(30)13(31)18(45-8)27-3-2-10(29)25-20(27)32)9(5-43-49(33,34)26-50(35,36)48-51(37,38)39)46-19(15)28-7-24-11-16(21)22-6-23-17(11)28/h2-3,6-9,12-15,18-19,30-31H,4-5H2,1H3,(H,40,41)(H2,21,22,23)(H,25,29,32)(H2,37,38,39)(H3,26,33,34,35,36)/t8-,9-,12-,13-,14-,15-,18-,19-/m1/s1. The van der Waals surface area contributed by atoms with Gasteiger partial charge in [-0.1, -0.05) is 0 Å². The molecule has 11 atom stereocenters. The number of aliphatic hydroxyl groups is 2. The molecule has 0 radical (unpaired) electrons. The van der Waals surface area contributed by atoms with Gasteiger partial charge in [0.05, 0.1) is 19.5 Å². The van der Waals surface area contributed by atoms with Crippen LogP contribution in [0.2, 0.25) is 0 Å². The number of phosphoric ester groups is 1.